The lowest BCUT2D eigenvalue weighted by Gasteiger charge is -2.24. The maximum atomic E-state index is 11.7. The van der Waals surface area contributed by atoms with E-state index in [1.165, 1.54) is 28.4 Å². The lowest BCUT2D eigenvalue weighted by molar-refractivity contribution is -0.160. The van der Waals surface area contributed by atoms with Crippen LogP contribution in [0, 0.1) is 23.7 Å². The van der Waals surface area contributed by atoms with Crippen molar-refractivity contribution < 1.29 is 47.7 Å². The molecule has 2 fully saturated rings. The normalized spacial score (nSPS) is 25.9. The number of ether oxygens (including phenoxy) is 4. The molecule has 2 rings (SSSR count). The lowest BCUT2D eigenvalue weighted by atomic mass is 9.80. The van der Waals surface area contributed by atoms with Crippen molar-refractivity contribution in [1.29, 1.82) is 0 Å². The zero-order valence-electron chi connectivity index (χ0n) is 17.6. The molecular formula is C20H28O10. The first-order valence-electron chi connectivity index (χ1n) is 9.62. The predicted molar refractivity (Wildman–Crippen MR) is 99.7 cm³/mol. The second kappa shape index (κ2) is 12.0. The van der Waals surface area contributed by atoms with E-state index in [0.717, 1.165) is 0 Å². The SMILES string of the molecule is COC(=O)[C@H]1CCC[C@@H](C(=O)OC)C1=O.COC(=O)[C@H]1CCC[C@@H](C(=O)OC)C1=O. The average Bonchev–Trinajstić information content (AvgIpc) is 2.77. The van der Waals surface area contributed by atoms with Gasteiger partial charge in [-0.2, -0.15) is 0 Å². The summed E-state index contributed by atoms with van der Waals surface area (Å²) in [6, 6.07) is 0. The molecular weight excluding hydrogens is 400 g/mol. The molecule has 0 heterocycles. The van der Waals surface area contributed by atoms with E-state index in [4.69, 9.17) is 0 Å². The Morgan fingerprint density at radius 2 is 0.733 bits per heavy atom. The molecule has 30 heavy (non-hydrogen) atoms. The van der Waals surface area contributed by atoms with Crippen LogP contribution in [0.15, 0.2) is 0 Å². The van der Waals surface area contributed by atoms with Gasteiger partial charge in [0.1, 0.15) is 23.7 Å². The van der Waals surface area contributed by atoms with Gasteiger partial charge in [0, 0.05) is 0 Å². The summed E-state index contributed by atoms with van der Waals surface area (Å²) in [6.07, 6.45) is 3.15. The quantitative estimate of drug-likeness (QED) is 0.356. The number of carbonyl (C=O) groups is 6. The Hall–Kier alpha value is -2.78. The summed E-state index contributed by atoms with van der Waals surface area (Å²) in [5.74, 6) is -6.19. The van der Waals surface area contributed by atoms with Gasteiger partial charge in [0.15, 0.2) is 11.6 Å². The fraction of sp³-hybridized carbons (Fsp3) is 0.700. The molecule has 2 aliphatic carbocycles. The van der Waals surface area contributed by atoms with Crippen LogP contribution in [0.3, 0.4) is 0 Å². The summed E-state index contributed by atoms with van der Waals surface area (Å²) in [6.45, 7) is 0. The second-order valence-electron chi connectivity index (χ2n) is 6.97. The molecule has 168 valence electrons. The van der Waals surface area contributed by atoms with E-state index in [1.54, 1.807) is 0 Å². The van der Waals surface area contributed by atoms with Crippen molar-refractivity contribution in [3.05, 3.63) is 0 Å². The second-order valence-corrected chi connectivity index (χ2v) is 6.97. The average molecular weight is 428 g/mol. The van der Waals surface area contributed by atoms with Gasteiger partial charge in [-0.15, -0.1) is 0 Å². The molecule has 0 bridgehead atoms. The number of methoxy groups -OCH3 is 4. The Bertz CT molecular complexity index is 573. The zero-order valence-corrected chi connectivity index (χ0v) is 17.6. The van der Waals surface area contributed by atoms with E-state index in [2.05, 4.69) is 18.9 Å². The molecule has 2 aliphatic rings. The smallest absolute Gasteiger partial charge is 0.316 e. The van der Waals surface area contributed by atoms with E-state index >= 15 is 0 Å². The van der Waals surface area contributed by atoms with E-state index in [9.17, 15) is 28.8 Å². The molecule has 0 N–H and O–H groups in total. The van der Waals surface area contributed by atoms with Gasteiger partial charge in [0.05, 0.1) is 28.4 Å². The van der Waals surface area contributed by atoms with Crippen molar-refractivity contribution in [3.63, 3.8) is 0 Å². The van der Waals surface area contributed by atoms with Crippen molar-refractivity contribution in [2.24, 2.45) is 23.7 Å². The molecule has 0 aromatic heterocycles. The molecule has 0 aliphatic heterocycles. The Morgan fingerprint density at radius 1 is 0.533 bits per heavy atom. The van der Waals surface area contributed by atoms with Crippen LogP contribution in [-0.4, -0.2) is 63.9 Å². The van der Waals surface area contributed by atoms with Crippen molar-refractivity contribution >= 4 is 35.4 Å². The monoisotopic (exact) mass is 428 g/mol. The zero-order chi connectivity index (χ0) is 22.8. The first kappa shape index (κ1) is 25.3. The number of Topliss-reactive ketones (excluding diaryl/α,β-unsaturated/α-hetero) is 2. The Morgan fingerprint density at radius 3 is 0.900 bits per heavy atom. The van der Waals surface area contributed by atoms with Crippen LogP contribution in [0.5, 0.6) is 0 Å². The fourth-order valence-electron chi connectivity index (χ4n) is 3.61. The minimum Gasteiger partial charge on any atom is -0.468 e. The minimum atomic E-state index is -0.798. The Balaban J connectivity index is 0.000000300. The van der Waals surface area contributed by atoms with E-state index in [1.807, 2.05) is 0 Å². The molecule has 0 unspecified atom stereocenters. The topological polar surface area (TPSA) is 139 Å². The van der Waals surface area contributed by atoms with Crippen LogP contribution in [-0.2, 0) is 47.7 Å². The van der Waals surface area contributed by atoms with E-state index < -0.39 is 47.5 Å². The number of ketones is 2. The van der Waals surface area contributed by atoms with Gasteiger partial charge >= 0.3 is 23.9 Å². The molecule has 0 aromatic rings. The molecule has 4 atom stereocenters. The van der Waals surface area contributed by atoms with Crippen molar-refractivity contribution in [1.82, 2.24) is 0 Å². The lowest BCUT2D eigenvalue weighted by Crippen LogP contribution is -2.38. The summed E-state index contributed by atoms with van der Waals surface area (Å²) in [4.78, 5) is 68.4. The molecule has 0 radical (unpaired) electrons. The third-order valence-electron chi connectivity index (χ3n) is 5.29. The summed E-state index contributed by atoms with van der Waals surface area (Å²) < 4.78 is 18.0. The highest BCUT2D eigenvalue weighted by atomic mass is 16.5. The molecule has 0 saturated heterocycles. The summed E-state index contributed by atoms with van der Waals surface area (Å²) in [5, 5.41) is 0. The number of hydrogen-bond donors (Lipinski definition) is 0. The maximum absolute atomic E-state index is 11.7. The van der Waals surface area contributed by atoms with Gasteiger partial charge in [-0.25, -0.2) is 0 Å². The van der Waals surface area contributed by atoms with Crippen molar-refractivity contribution in [3.8, 4) is 0 Å². The summed E-state index contributed by atoms with van der Waals surface area (Å²) >= 11 is 0. The van der Waals surface area contributed by atoms with Gasteiger partial charge in [-0.1, -0.05) is 12.8 Å². The van der Waals surface area contributed by atoms with E-state index in [0.29, 0.717) is 38.5 Å². The molecule has 10 heteroatoms. The number of esters is 4. The van der Waals surface area contributed by atoms with Crippen molar-refractivity contribution in [2.75, 3.05) is 28.4 Å². The third-order valence-corrected chi connectivity index (χ3v) is 5.29. The Kier molecular flexibility index (Phi) is 10.1. The molecule has 10 nitrogen and oxygen atoms in total. The van der Waals surface area contributed by atoms with E-state index in [-0.39, 0.29) is 11.6 Å². The Labute approximate surface area is 174 Å². The first-order chi connectivity index (χ1) is 14.2. The molecule has 0 aromatic carbocycles. The molecule has 0 amide bonds. The van der Waals surface area contributed by atoms with Crippen LogP contribution in [0.4, 0.5) is 0 Å². The highest BCUT2D eigenvalue weighted by molar-refractivity contribution is 6.09. The van der Waals surface area contributed by atoms with Crippen LogP contribution < -0.4 is 0 Å². The van der Waals surface area contributed by atoms with Gasteiger partial charge in [-0.3, -0.25) is 28.8 Å². The number of hydrogen-bond acceptors (Lipinski definition) is 10. The highest BCUT2D eigenvalue weighted by Crippen LogP contribution is 2.28. The number of carbonyl (C=O) groups excluding carboxylic acids is 6. The highest BCUT2D eigenvalue weighted by Gasteiger charge is 2.41. The van der Waals surface area contributed by atoms with Gasteiger partial charge in [-0.05, 0) is 25.7 Å². The van der Waals surface area contributed by atoms with Gasteiger partial charge < -0.3 is 18.9 Å². The van der Waals surface area contributed by atoms with Gasteiger partial charge in [0.2, 0.25) is 0 Å². The predicted octanol–water partition coefficient (Wildman–Crippen LogP) is 0.636. The van der Waals surface area contributed by atoms with Crippen LogP contribution in [0.1, 0.15) is 38.5 Å². The summed E-state index contributed by atoms with van der Waals surface area (Å²) in [5.41, 5.74) is 0. The molecule has 2 saturated carbocycles. The standard InChI is InChI=1S/2C10H14O5/c2*1-14-9(12)6-4-3-5-7(8(6)11)10(13)15-2/h2*6-7H,3-5H2,1-2H3/t2*6-,7+. The van der Waals surface area contributed by atoms with Crippen LogP contribution >= 0.6 is 0 Å². The minimum absolute atomic E-state index is 0.375. The first-order valence-corrected chi connectivity index (χ1v) is 9.62. The summed E-state index contributed by atoms with van der Waals surface area (Å²) in [7, 11) is 4.93. The molecule has 0 spiro atoms. The maximum Gasteiger partial charge on any atom is 0.316 e. The largest absolute Gasteiger partial charge is 0.468 e. The van der Waals surface area contributed by atoms with Gasteiger partial charge in [0.25, 0.3) is 0 Å². The van der Waals surface area contributed by atoms with Crippen LogP contribution in [0.2, 0.25) is 0 Å². The number of rotatable bonds is 4. The van der Waals surface area contributed by atoms with Crippen molar-refractivity contribution in [2.45, 2.75) is 38.5 Å². The third kappa shape index (κ3) is 6.11. The van der Waals surface area contributed by atoms with Crippen LogP contribution in [0.25, 0.3) is 0 Å². The fourth-order valence-corrected chi connectivity index (χ4v) is 3.61.